The van der Waals surface area contributed by atoms with Crippen molar-refractivity contribution >= 4 is 12.0 Å². The zero-order chi connectivity index (χ0) is 14.4. The molecule has 0 aromatic heterocycles. The van der Waals surface area contributed by atoms with E-state index < -0.39 is 12.0 Å². The van der Waals surface area contributed by atoms with Crippen LogP contribution in [-0.4, -0.2) is 53.3 Å². The van der Waals surface area contributed by atoms with Crippen molar-refractivity contribution in [3.63, 3.8) is 0 Å². The van der Waals surface area contributed by atoms with E-state index in [1.807, 2.05) is 13.8 Å². The van der Waals surface area contributed by atoms with Crippen LogP contribution in [0, 0.1) is 0 Å². The van der Waals surface area contributed by atoms with Crippen molar-refractivity contribution in [2.45, 2.75) is 44.9 Å². The lowest BCUT2D eigenvalue weighted by Crippen LogP contribution is -2.57. The zero-order valence-electron chi connectivity index (χ0n) is 11.5. The number of nitrogens with one attached hydrogen (secondary N) is 1. The number of carbonyl (C=O) groups is 2. The van der Waals surface area contributed by atoms with Gasteiger partial charge in [-0.3, -0.25) is 0 Å². The highest BCUT2D eigenvalue weighted by molar-refractivity contribution is 5.83. The monoisotopic (exact) mass is 270 g/mol. The van der Waals surface area contributed by atoms with Crippen LogP contribution in [-0.2, 0) is 9.53 Å². The number of amides is 2. The van der Waals surface area contributed by atoms with E-state index in [2.05, 4.69) is 11.9 Å². The van der Waals surface area contributed by atoms with E-state index in [1.165, 1.54) is 6.08 Å². The molecule has 6 nitrogen and oxygen atoms in total. The second-order valence-corrected chi connectivity index (χ2v) is 4.72. The van der Waals surface area contributed by atoms with Gasteiger partial charge in [0, 0.05) is 6.54 Å². The molecule has 0 aliphatic carbocycles. The number of urea groups is 1. The molecule has 1 aliphatic rings. The van der Waals surface area contributed by atoms with Gasteiger partial charge in [-0.05, 0) is 19.8 Å². The quantitative estimate of drug-likeness (QED) is 0.736. The minimum Gasteiger partial charge on any atom is -0.480 e. The molecule has 2 N–H and O–H groups in total. The summed E-state index contributed by atoms with van der Waals surface area (Å²) in [5.41, 5.74) is 0. The maximum Gasteiger partial charge on any atom is 0.326 e. The Bertz CT molecular complexity index is 346. The first-order valence-corrected chi connectivity index (χ1v) is 6.52. The van der Waals surface area contributed by atoms with Gasteiger partial charge in [-0.25, -0.2) is 9.59 Å². The van der Waals surface area contributed by atoms with Crippen molar-refractivity contribution in [2.75, 3.05) is 13.2 Å². The maximum absolute atomic E-state index is 12.2. The molecular weight excluding hydrogens is 248 g/mol. The molecule has 0 aromatic carbocycles. The van der Waals surface area contributed by atoms with Gasteiger partial charge < -0.3 is 20.1 Å². The predicted molar refractivity (Wildman–Crippen MR) is 71.0 cm³/mol. The highest BCUT2D eigenvalue weighted by atomic mass is 16.5. The lowest BCUT2D eigenvalue weighted by atomic mass is 10.1. The summed E-state index contributed by atoms with van der Waals surface area (Å²) in [7, 11) is 0. The molecule has 19 heavy (non-hydrogen) atoms. The average Bonchev–Trinajstić information content (AvgIpc) is 2.37. The number of ether oxygens (including phenoxy) is 1. The van der Waals surface area contributed by atoms with E-state index in [-0.39, 0.29) is 24.6 Å². The van der Waals surface area contributed by atoms with Gasteiger partial charge in [0.25, 0.3) is 0 Å². The second kappa shape index (κ2) is 7.13. The van der Waals surface area contributed by atoms with Crippen LogP contribution in [0.3, 0.4) is 0 Å². The lowest BCUT2D eigenvalue weighted by molar-refractivity contribution is -0.139. The summed E-state index contributed by atoms with van der Waals surface area (Å²) in [6.45, 7) is 8.33. The number of hydrogen-bond donors (Lipinski definition) is 2. The first-order chi connectivity index (χ1) is 8.99. The molecule has 0 aromatic rings. The third-order valence-electron chi connectivity index (χ3n) is 3.20. The third kappa shape index (κ3) is 4.24. The van der Waals surface area contributed by atoms with Crippen molar-refractivity contribution in [1.29, 1.82) is 0 Å². The Kier molecular flexibility index (Phi) is 5.82. The topological polar surface area (TPSA) is 78.9 Å². The fraction of sp³-hybridized carbons (Fsp3) is 0.692. The number of rotatable bonds is 5. The molecule has 0 saturated carbocycles. The van der Waals surface area contributed by atoms with Gasteiger partial charge in [0.05, 0.1) is 18.8 Å². The zero-order valence-corrected chi connectivity index (χ0v) is 11.5. The Balaban J connectivity index is 2.67. The number of carbonyl (C=O) groups excluding carboxylic acids is 1. The van der Waals surface area contributed by atoms with Crippen LogP contribution >= 0.6 is 0 Å². The maximum atomic E-state index is 12.2. The Labute approximate surface area is 113 Å². The molecule has 0 spiro atoms. The SMILES string of the molecule is C=CCC(NC(=O)N1CC(C)OCC1CC)C(=O)O. The second-order valence-electron chi connectivity index (χ2n) is 4.72. The summed E-state index contributed by atoms with van der Waals surface area (Å²) >= 11 is 0. The summed E-state index contributed by atoms with van der Waals surface area (Å²) in [5.74, 6) is -1.05. The van der Waals surface area contributed by atoms with Crippen molar-refractivity contribution in [3.05, 3.63) is 12.7 Å². The molecular formula is C13H22N2O4. The Morgan fingerprint density at radius 3 is 2.84 bits per heavy atom. The van der Waals surface area contributed by atoms with Gasteiger partial charge in [0.2, 0.25) is 0 Å². The first kappa shape index (κ1) is 15.5. The minimum absolute atomic E-state index is 0.00521. The van der Waals surface area contributed by atoms with Gasteiger partial charge in [-0.1, -0.05) is 13.0 Å². The fourth-order valence-corrected chi connectivity index (χ4v) is 2.05. The highest BCUT2D eigenvalue weighted by Crippen LogP contribution is 2.14. The molecule has 3 atom stereocenters. The predicted octanol–water partition coefficient (Wildman–Crippen LogP) is 1.22. The van der Waals surface area contributed by atoms with Crippen molar-refractivity contribution in [1.82, 2.24) is 10.2 Å². The van der Waals surface area contributed by atoms with Gasteiger partial charge in [0.15, 0.2) is 0 Å². The van der Waals surface area contributed by atoms with E-state index in [1.54, 1.807) is 4.90 Å². The minimum atomic E-state index is -1.05. The molecule has 1 rings (SSSR count). The molecule has 1 heterocycles. The van der Waals surface area contributed by atoms with Gasteiger partial charge in [-0.2, -0.15) is 0 Å². The molecule has 1 fully saturated rings. The number of hydrogen-bond acceptors (Lipinski definition) is 3. The van der Waals surface area contributed by atoms with E-state index in [4.69, 9.17) is 9.84 Å². The van der Waals surface area contributed by atoms with Crippen LogP contribution in [0.2, 0.25) is 0 Å². The first-order valence-electron chi connectivity index (χ1n) is 6.52. The molecule has 1 saturated heterocycles. The summed E-state index contributed by atoms with van der Waals surface area (Å²) < 4.78 is 5.51. The standard InChI is InChI=1S/C13H22N2O4/c1-4-6-11(12(16)17)14-13(18)15-7-9(3)19-8-10(15)5-2/h4,9-11H,1,5-8H2,2-3H3,(H,14,18)(H,16,17). The van der Waals surface area contributed by atoms with Crippen LogP contribution in [0.25, 0.3) is 0 Å². The molecule has 6 heteroatoms. The molecule has 2 amide bonds. The number of nitrogens with zero attached hydrogens (tertiary/aromatic N) is 1. The van der Waals surface area contributed by atoms with Crippen LogP contribution < -0.4 is 5.32 Å². The Morgan fingerprint density at radius 1 is 1.63 bits per heavy atom. The molecule has 108 valence electrons. The normalized spacial score (nSPS) is 24.6. The van der Waals surface area contributed by atoms with Crippen LogP contribution in [0.4, 0.5) is 4.79 Å². The number of aliphatic carboxylic acids is 1. The number of morpholine rings is 1. The van der Waals surface area contributed by atoms with Crippen LogP contribution in [0.5, 0.6) is 0 Å². The largest absolute Gasteiger partial charge is 0.480 e. The molecule has 0 bridgehead atoms. The average molecular weight is 270 g/mol. The Hall–Kier alpha value is -1.56. The molecule has 1 aliphatic heterocycles. The van der Waals surface area contributed by atoms with Crippen molar-refractivity contribution in [3.8, 4) is 0 Å². The Morgan fingerprint density at radius 2 is 2.32 bits per heavy atom. The third-order valence-corrected chi connectivity index (χ3v) is 3.20. The van der Waals surface area contributed by atoms with E-state index in [0.717, 1.165) is 6.42 Å². The van der Waals surface area contributed by atoms with Crippen LogP contribution in [0.15, 0.2) is 12.7 Å². The van der Waals surface area contributed by atoms with Crippen molar-refractivity contribution in [2.24, 2.45) is 0 Å². The number of carboxylic acid groups (broad SMARTS) is 1. The highest BCUT2D eigenvalue weighted by Gasteiger charge is 2.31. The van der Waals surface area contributed by atoms with Gasteiger partial charge in [-0.15, -0.1) is 6.58 Å². The summed E-state index contributed by atoms with van der Waals surface area (Å²) in [4.78, 5) is 24.8. The molecule has 0 radical (unpaired) electrons. The number of carboxylic acids is 1. The summed E-state index contributed by atoms with van der Waals surface area (Å²) in [5, 5.41) is 11.6. The summed E-state index contributed by atoms with van der Waals surface area (Å²) in [6.07, 6.45) is 2.44. The lowest BCUT2D eigenvalue weighted by Gasteiger charge is -2.38. The van der Waals surface area contributed by atoms with E-state index in [9.17, 15) is 9.59 Å². The van der Waals surface area contributed by atoms with Gasteiger partial charge in [0.1, 0.15) is 6.04 Å². The summed E-state index contributed by atoms with van der Waals surface area (Å²) in [6, 6.07) is -1.29. The van der Waals surface area contributed by atoms with Crippen LogP contribution in [0.1, 0.15) is 26.7 Å². The van der Waals surface area contributed by atoms with E-state index >= 15 is 0 Å². The van der Waals surface area contributed by atoms with E-state index in [0.29, 0.717) is 13.2 Å². The molecule has 3 unspecified atom stereocenters. The van der Waals surface area contributed by atoms with Crippen molar-refractivity contribution < 1.29 is 19.4 Å². The smallest absolute Gasteiger partial charge is 0.326 e. The fourth-order valence-electron chi connectivity index (χ4n) is 2.05. The van der Waals surface area contributed by atoms with Gasteiger partial charge >= 0.3 is 12.0 Å².